The minimum atomic E-state index is 0.540. The number of nitrogens with one attached hydrogen (secondary N) is 1. The van der Waals surface area contributed by atoms with Gasteiger partial charge in [-0.05, 0) is 53.5 Å². The van der Waals surface area contributed by atoms with Crippen LogP contribution < -0.4 is 10.1 Å². The van der Waals surface area contributed by atoms with Gasteiger partial charge in [-0.1, -0.05) is 11.6 Å². The quantitative estimate of drug-likeness (QED) is 0.823. The van der Waals surface area contributed by atoms with Crippen LogP contribution in [0.5, 0.6) is 5.75 Å². The van der Waals surface area contributed by atoms with Gasteiger partial charge in [0, 0.05) is 5.02 Å². The first kappa shape index (κ1) is 15.1. The average molecular weight is 357 g/mol. The van der Waals surface area contributed by atoms with Crippen LogP contribution in [0.25, 0.3) is 0 Å². The molecule has 0 aliphatic carbocycles. The summed E-state index contributed by atoms with van der Waals surface area (Å²) in [4.78, 5) is 8.26. The molecule has 0 radical (unpaired) electrons. The molecule has 20 heavy (non-hydrogen) atoms. The number of anilines is 1. The average Bonchev–Trinajstić information content (AvgIpc) is 2.41. The largest absolute Gasteiger partial charge is 0.491 e. The lowest BCUT2D eigenvalue weighted by Crippen LogP contribution is -2.13. The normalized spacial score (nSPS) is 10.4. The van der Waals surface area contributed by atoms with Crippen molar-refractivity contribution in [1.29, 1.82) is 0 Å². The van der Waals surface area contributed by atoms with E-state index in [1.807, 2.05) is 32.0 Å². The van der Waals surface area contributed by atoms with E-state index in [0.29, 0.717) is 18.2 Å². The fourth-order valence-corrected chi connectivity index (χ4v) is 2.26. The van der Waals surface area contributed by atoms with Gasteiger partial charge in [0.05, 0.1) is 16.7 Å². The standard InChI is InChI=1S/C14H15BrClN3O/c1-9-7-11(16)3-4-12(9)20-6-5-17-14-13(15)10(2)18-8-19-14/h3-4,7-8H,5-6H2,1-2H3,(H,17,18,19). The summed E-state index contributed by atoms with van der Waals surface area (Å²) in [6.45, 7) is 5.08. The first-order valence-electron chi connectivity index (χ1n) is 6.18. The molecule has 1 heterocycles. The van der Waals surface area contributed by atoms with E-state index in [4.69, 9.17) is 16.3 Å². The molecule has 1 aromatic carbocycles. The van der Waals surface area contributed by atoms with Crippen LogP contribution in [0.15, 0.2) is 29.0 Å². The van der Waals surface area contributed by atoms with Crippen molar-refractivity contribution in [3.05, 3.63) is 45.3 Å². The van der Waals surface area contributed by atoms with Crippen LogP contribution in [0.4, 0.5) is 5.82 Å². The van der Waals surface area contributed by atoms with Crippen LogP contribution in [-0.4, -0.2) is 23.1 Å². The second-order valence-corrected chi connectivity index (χ2v) is 5.54. The molecular formula is C14H15BrClN3O. The third-order valence-electron chi connectivity index (χ3n) is 2.75. The fourth-order valence-electron chi connectivity index (χ4n) is 1.69. The van der Waals surface area contributed by atoms with Gasteiger partial charge in [-0.25, -0.2) is 9.97 Å². The highest BCUT2D eigenvalue weighted by molar-refractivity contribution is 9.10. The lowest BCUT2D eigenvalue weighted by molar-refractivity contribution is 0.330. The fraction of sp³-hybridized carbons (Fsp3) is 0.286. The minimum Gasteiger partial charge on any atom is -0.491 e. The van der Waals surface area contributed by atoms with Crippen molar-refractivity contribution < 1.29 is 4.74 Å². The molecule has 106 valence electrons. The molecule has 0 saturated carbocycles. The first-order valence-corrected chi connectivity index (χ1v) is 7.35. The van der Waals surface area contributed by atoms with Crippen LogP contribution in [0.2, 0.25) is 5.02 Å². The monoisotopic (exact) mass is 355 g/mol. The Kier molecular flexibility index (Phi) is 5.20. The highest BCUT2D eigenvalue weighted by atomic mass is 79.9. The summed E-state index contributed by atoms with van der Waals surface area (Å²) in [6, 6.07) is 5.58. The van der Waals surface area contributed by atoms with Crippen LogP contribution in [0, 0.1) is 13.8 Å². The summed E-state index contributed by atoms with van der Waals surface area (Å²) in [7, 11) is 0. The topological polar surface area (TPSA) is 47.0 Å². The van der Waals surface area contributed by atoms with E-state index in [1.54, 1.807) is 0 Å². The maximum absolute atomic E-state index is 5.90. The molecular weight excluding hydrogens is 342 g/mol. The van der Waals surface area contributed by atoms with Gasteiger partial charge in [-0.15, -0.1) is 0 Å². The van der Waals surface area contributed by atoms with Crippen molar-refractivity contribution in [3.63, 3.8) is 0 Å². The highest BCUT2D eigenvalue weighted by Crippen LogP contribution is 2.23. The predicted molar refractivity (Wildman–Crippen MR) is 84.6 cm³/mol. The molecule has 0 atom stereocenters. The zero-order valence-electron chi connectivity index (χ0n) is 11.3. The van der Waals surface area contributed by atoms with Crippen LogP contribution in [0.1, 0.15) is 11.3 Å². The van der Waals surface area contributed by atoms with Gasteiger partial charge in [-0.2, -0.15) is 0 Å². The summed E-state index contributed by atoms with van der Waals surface area (Å²) in [6.07, 6.45) is 1.53. The predicted octanol–water partition coefficient (Wildman–Crippen LogP) is 4.00. The molecule has 2 rings (SSSR count). The number of ether oxygens (including phenoxy) is 1. The molecule has 0 fully saturated rings. The van der Waals surface area contributed by atoms with Gasteiger partial charge >= 0.3 is 0 Å². The maximum atomic E-state index is 5.90. The summed E-state index contributed by atoms with van der Waals surface area (Å²) in [5.74, 6) is 1.61. The number of hydrogen-bond donors (Lipinski definition) is 1. The van der Waals surface area contributed by atoms with Gasteiger partial charge in [0.1, 0.15) is 24.5 Å². The molecule has 6 heteroatoms. The molecule has 0 saturated heterocycles. The SMILES string of the molecule is Cc1cc(Cl)ccc1OCCNc1ncnc(C)c1Br. The Balaban J connectivity index is 1.86. The van der Waals surface area contributed by atoms with E-state index in [2.05, 4.69) is 31.2 Å². The van der Waals surface area contributed by atoms with Gasteiger partial charge in [0.15, 0.2) is 0 Å². The third-order valence-corrected chi connectivity index (χ3v) is 3.94. The number of aryl methyl sites for hydroxylation is 2. The number of halogens is 2. The van der Waals surface area contributed by atoms with Crippen molar-refractivity contribution in [2.24, 2.45) is 0 Å². The molecule has 0 aliphatic heterocycles. The Morgan fingerprint density at radius 3 is 2.85 bits per heavy atom. The van der Waals surface area contributed by atoms with E-state index in [-0.39, 0.29) is 0 Å². The van der Waals surface area contributed by atoms with E-state index in [0.717, 1.165) is 27.3 Å². The van der Waals surface area contributed by atoms with Crippen LogP contribution in [0.3, 0.4) is 0 Å². The number of benzene rings is 1. The second-order valence-electron chi connectivity index (χ2n) is 4.31. The third kappa shape index (κ3) is 3.84. The van der Waals surface area contributed by atoms with Crippen molar-refractivity contribution in [1.82, 2.24) is 9.97 Å². The van der Waals surface area contributed by atoms with E-state index in [9.17, 15) is 0 Å². The van der Waals surface area contributed by atoms with Crippen molar-refractivity contribution in [2.75, 3.05) is 18.5 Å². The summed E-state index contributed by atoms with van der Waals surface area (Å²) >= 11 is 9.36. The molecule has 2 aromatic rings. The summed E-state index contributed by atoms with van der Waals surface area (Å²) in [5, 5.41) is 3.92. The summed E-state index contributed by atoms with van der Waals surface area (Å²) in [5.41, 5.74) is 1.92. The van der Waals surface area contributed by atoms with Gasteiger partial charge in [-0.3, -0.25) is 0 Å². The zero-order chi connectivity index (χ0) is 14.5. The van der Waals surface area contributed by atoms with Crippen molar-refractivity contribution >= 4 is 33.3 Å². The Morgan fingerprint density at radius 1 is 1.30 bits per heavy atom. The molecule has 0 unspecified atom stereocenters. The number of hydrogen-bond acceptors (Lipinski definition) is 4. The maximum Gasteiger partial charge on any atom is 0.144 e. The Labute approximate surface area is 131 Å². The first-order chi connectivity index (χ1) is 9.58. The van der Waals surface area contributed by atoms with Crippen LogP contribution >= 0.6 is 27.5 Å². The van der Waals surface area contributed by atoms with E-state index < -0.39 is 0 Å². The lowest BCUT2D eigenvalue weighted by atomic mass is 10.2. The molecule has 0 bridgehead atoms. The molecule has 4 nitrogen and oxygen atoms in total. The van der Waals surface area contributed by atoms with Gasteiger partial charge < -0.3 is 10.1 Å². The van der Waals surface area contributed by atoms with E-state index in [1.165, 1.54) is 6.33 Å². The smallest absolute Gasteiger partial charge is 0.144 e. The molecule has 0 amide bonds. The molecule has 0 aliphatic rings. The highest BCUT2D eigenvalue weighted by Gasteiger charge is 2.04. The number of aromatic nitrogens is 2. The van der Waals surface area contributed by atoms with Crippen molar-refractivity contribution in [3.8, 4) is 5.75 Å². The van der Waals surface area contributed by atoms with Gasteiger partial charge in [0.2, 0.25) is 0 Å². The lowest BCUT2D eigenvalue weighted by Gasteiger charge is -2.11. The Hall–Kier alpha value is -1.33. The minimum absolute atomic E-state index is 0.540. The molecule has 0 spiro atoms. The summed E-state index contributed by atoms with van der Waals surface area (Å²) < 4.78 is 6.58. The second kappa shape index (κ2) is 6.90. The number of nitrogens with zero attached hydrogens (tertiary/aromatic N) is 2. The van der Waals surface area contributed by atoms with E-state index >= 15 is 0 Å². The molecule has 1 aromatic heterocycles. The number of rotatable bonds is 5. The van der Waals surface area contributed by atoms with Gasteiger partial charge in [0.25, 0.3) is 0 Å². The molecule has 1 N–H and O–H groups in total. The van der Waals surface area contributed by atoms with Crippen LogP contribution in [-0.2, 0) is 0 Å². The Morgan fingerprint density at radius 2 is 2.10 bits per heavy atom. The Bertz CT molecular complexity index is 607. The zero-order valence-corrected chi connectivity index (χ0v) is 13.6. The van der Waals surface area contributed by atoms with Crippen molar-refractivity contribution in [2.45, 2.75) is 13.8 Å².